The molecule has 0 aliphatic heterocycles. The van der Waals surface area contributed by atoms with Gasteiger partial charge in [0.1, 0.15) is 18.5 Å². The number of hydrogen-bond donors (Lipinski definition) is 1. The first kappa shape index (κ1) is 16.2. The number of aromatic nitrogens is 5. The Bertz CT molecular complexity index is 821. The molecular weight excluding hydrogens is 304 g/mol. The molecule has 1 amide bonds. The third kappa shape index (κ3) is 3.61. The number of amides is 1. The SMILES string of the molecule is CCCn1c(C)nc2cc(NC(=O)CCCn3cncn3)ccc21. The average Bonchev–Trinajstić information content (AvgIpc) is 3.16. The lowest BCUT2D eigenvalue weighted by Crippen LogP contribution is -2.12. The van der Waals surface area contributed by atoms with Crippen LogP contribution in [0.5, 0.6) is 0 Å². The second-order valence-electron chi connectivity index (χ2n) is 5.82. The first-order valence-electron chi connectivity index (χ1n) is 8.26. The Morgan fingerprint density at radius 2 is 2.17 bits per heavy atom. The summed E-state index contributed by atoms with van der Waals surface area (Å²) in [6, 6.07) is 5.89. The average molecular weight is 326 g/mol. The van der Waals surface area contributed by atoms with E-state index in [0.717, 1.165) is 41.9 Å². The van der Waals surface area contributed by atoms with Gasteiger partial charge >= 0.3 is 0 Å². The second-order valence-corrected chi connectivity index (χ2v) is 5.82. The van der Waals surface area contributed by atoms with Gasteiger partial charge in [0.25, 0.3) is 0 Å². The number of carbonyl (C=O) groups is 1. The first-order chi connectivity index (χ1) is 11.7. The van der Waals surface area contributed by atoms with Crippen LogP contribution in [-0.4, -0.2) is 30.2 Å². The number of carbonyl (C=O) groups excluding carboxylic acids is 1. The van der Waals surface area contributed by atoms with Crippen molar-refractivity contribution in [2.75, 3.05) is 5.32 Å². The summed E-state index contributed by atoms with van der Waals surface area (Å²) in [5.74, 6) is 1.00. The Kier molecular flexibility index (Phi) is 4.88. The van der Waals surface area contributed by atoms with Gasteiger partial charge in [-0.05, 0) is 38.0 Å². The molecular formula is C17H22N6O. The fraction of sp³-hybridized carbons (Fsp3) is 0.412. The van der Waals surface area contributed by atoms with Gasteiger partial charge < -0.3 is 9.88 Å². The van der Waals surface area contributed by atoms with Gasteiger partial charge in [0.15, 0.2) is 0 Å². The molecule has 0 aliphatic rings. The van der Waals surface area contributed by atoms with Crippen molar-refractivity contribution in [1.82, 2.24) is 24.3 Å². The number of nitrogens with zero attached hydrogens (tertiary/aromatic N) is 5. The summed E-state index contributed by atoms with van der Waals surface area (Å²) in [5, 5.41) is 6.96. The number of benzene rings is 1. The molecule has 0 atom stereocenters. The zero-order valence-electron chi connectivity index (χ0n) is 14.1. The van der Waals surface area contributed by atoms with E-state index in [9.17, 15) is 4.79 Å². The lowest BCUT2D eigenvalue weighted by Gasteiger charge is -2.07. The first-order valence-corrected chi connectivity index (χ1v) is 8.26. The fourth-order valence-corrected chi connectivity index (χ4v) is 2.81. The van der Waals surface area contributed by atoms with E-state index in [4.69, 9.17) is 0 Å². The minimum Gasteiger partial charge on any atom is -0.328 e. The summed E-state index contributed by atoms with van der Waals surface area (Å²) in [4.78, 5) is 20.5. The fourth-order valence-electron chi connectivity index (χ4n) is 2.81. The van der Waals surface area contributed by atoms with E-state index in [2.05, 4.69) is 31.9 Å². The molecule has 0 radical (unpaired) electrons. The van der Waals surface area contributed by atoms with E-state index in [1.165, 1.54) is 6.33 Å². The van der Waals surface area contributed by atoms with E-state index in [0.29, 0.717) is 13.0 Å². The van der Waals surface area contributed by atoms with Crippen LogP contribution in [0.1, 0.15) is 32.0 Å². The molecule has 2 heterocycles. The minimum absolute atomic E-state index is 0.000761. The Hall–Kier alpha value is -2.70. The van der Waals surface area contributed by atoms with Gasteiger partial charge in [-0.2, -0.15) is 5.10 Å². The monoisotopic (exact) mass is 326 g/mol. The predicted octanol–water partition coefficient (Wildman–Crippen LogP) is 2.77. The van der Waals surface area contributed by atoms with Crippen LogP contribution in [0.4, 0.5) is 5.69 Å². The largest absolute Gasteiger partial charge is 0.328 e. The molecule has 126 valence electrons. The van der Waals surface area contributed by atoms with Crippen LogP contribution in [0.2, 0.25) is 0 Å². The molecule has 0 fully saturated rings. The van der Waals surface area contributed by atoms with Crippen molar-refractivity contribution in [3.8, 4) is 0 Å². The predicted molar refractivity (Wildman–Crippen MR) is 92.6 cm³/mol. The van der Waals surface area contributed by atoms with Gasteiger partial charge in [-0.25, -0.2) is 9.97 Å². The molecule has 1 N–H and O–H groups in total. The number of aryl methyl sites for hydroxylation is 3. The van der Waals surface area contributed by atoms with Crippen molar-refractivity contribution in [2.45, 2.75) is 46.2 Å². The molecule has 1 aromatic carbocycles. The van der Waals surface area contributed by atoms with E-state index >= 15 is 0 Å². The van der Waals surface area contributed by atoms with Crippen molar-refractivity contribution in [1.29, 1.82) is 0 Å². The lowest BCUT2D eigenvalue weighted by molar-refractivity contribution is -0.116. The van der Waals surface area contributed by atoms with Gasteiger partial charge in [-0.1, -0.05) is 6.92 Å². The molecule has 3 rings (SSSR count). The normalized spacial score (nSPS) is 11.1. The molecule has 0 bridgehead atoms. The molecule has 0 unspecified atom stereocenters. The topological polar surface area (TPSA) is 77.6 Å². The van der Waals surface area contributed by atoms with Crippen LogP contribution in [-0.2, 0) is 17.9 Å². The maximum atomic E-state index is 12.1. The van der Waals surface area contributed by atoms with Crippen molar-refractivity contribution < 1.29 is 4.79 Å². The second kappa shape index (κ2) is 7.25. The third-order valence-corrected chi connectivity index (χ3v) is 3.93. The summed E-state index contributed by atoms with van der Waals surface area (Å²) in [6.07, 6.45) is 5.38. The molecule has 3 aromatic rings. The standard InChI is InChI=1S/C17H22N6O/c1-3-8-23-13(2)20-15-10-14(6-7-16(15)23)21-17(24)5-4-9-22-12-18-11-19-22/h6-7,10-12H,3-5,8-9H2,1-2H3,(H,21,24). The van der Waals surface area contributed by atoms with E-state index in [1.54, 1.807) is 11.0 Å². The van der Waals surface area contributed by atoms with Crippen molar-refractivity contribution in [2.24, 2.45) is 0 Å². The van der Waals surface area contributed by atoms with Crippen LogP contribution in [0.15, 0.2) is 30.9 Å². The number of imidazole rings is 1. The smallest absolute Gasteiger partial charge is 0.224 e. The van der Waals surface area contributed by atoms with Gasteiger partial charge in [0, 0.05) is 25.2 Å². The van der Waals surface area contributed by atoms with Crippen LogP contribution < -0.4 is 5.32 Å². The summed E-state index contributed by atoms with van der Waals surface area (Å²) >= 11 is 0. The molecule has 0 saturated heterocycles. The number of fused-ring (bicyclic) bond motifs is 1. The van der Waals surface area contributed by atoms with E-state index in [-0.39, 0.29) is 5.91 Å². The lowest BCUT2D eigenvalue weighted by atomic mass is 10.2. The van der Waals surface area contributed by atoms with Crippen LogP contribution in [0.25, 0.3) is 11.0 Å². The summed E-state index contributed by atoms with van der Waals surface area (Å²) in [7, 11) is 0. The third-order valence-electron chi connectivity index (χ3n) is 3.93. The van der Waals surface area contributed by atoms with Crippen molar-refractivity contribution in [3.05, 3.63) is 36.7 Å². The number of rotatable bonds is 7. The highest BCUT2D eigenvalue weighted by Crippen LogP contribution is 2.21. The molecule has 0 saturated carbocycles. The Balaban J connectivity index is 1.61. The van der Waals surface area contributed by atoms with E-state index in [1.807, 2.05) is 25.1 Å². The Morgan fingerprint density at radius 3 is 2.92 bits per heavy atom. The maximum Gasteiger partial charge on any atom is 0.224 e. The zero-order valence-corrected chi connectivity index (χ0v) is 14.1. The molecule has 7 nitrogen and oxygen atoms in total. The van der Waals surface area contributed by atoms with Crippen molar-refractivity contribution >= 4 is 22.6 Å². The van der Waals surface area contributed by atoms with Crippen LogP contribution in [0.3, 0.4) is 0 Å². The summed E-state index contributed by atoms with van der Waals surface area (Å²) in [5.41, 5.74) is 2.81. The number of nitrogens with one attached hydrogen (secondary N) is 1. The Labute approximate surface area is 140 Å². The highest BCUT2D eigenvalue weighted by Gasteiger charge is 2.09. The number of anilines is 1. The Morgan fingerprint density at radius 1 is 1.29 bits per heavy atom. The summed E-state index contributed by atoms with van der Waals surface area (Å²) in [6.45, 7) is 5.81. The van der Waals surface area contributed by atoms with Crippen LogP contribution >= 0.6 is 0 Å². The minimum atomic E-state index is -0.000761. The van der Waals surface area contributed by atoms with Crippen molar-refractivity contribution in [3.63, 3.8) is 0 Å². The quantitative estimate of drug-likeness (QED) is 0.724. The van der Waals surface area contributed by atoms with E-state index < -0.39 is 0 Å². The highest BCUT2D eigenvalue weighted by atomic mass is 16.1. The number of hydrogen-bond acceptors (Lipinski definition) is 4. The molecule has 24 heavy (non-hydrogen) atoms. The summed E-state index contributed by atoms with van der Waals surface area (Å²) < 4.78 is 3.93. The van der Waals surface area contributed by atoms with Gasteiger partial charge in [-0.15, -0.1) is 0 Å². The molecule has 0 spiro atoms. The van der Waals surface area contributed by atoms with Gasteiger partial charge in [0.2, 0.25) is 5.91 Å². The maximum absolute atomic E-state index is 12.1. The van der Waals surface area contributed by atoms with Gasteiger partial charge in [0.05, 0.1) is 11.0 Å². The highest BCUT2D eigenvalue weighted by molar-refractivity contribution is 5.93. The van der Waals surface area contributed by atoms with Crippen LogP contribution in [0, 0.1) is 6.92 Å². The molecule has 2 aromatic heterocycles. The van der Waals surface area contributed by atoms with Gasteiger partial charge in [-0.3, -0.25) is 9.48 Å². The molecule has 0 aliphatic carbocycles. The molecule has 7 heteroatoms. The zero-order chi connectivity index (χ0) is 16.9.